The molecule has 2 heterocycles. The number of aromatic nitrogens is 2. The molecule has 1 fully saturated rings. The lowest BCUT2D eigenvalue weighted by molar-refractivity contribution is -0.145. The summed E-state index contributed by atoms with van der Waals surface area (Å²) in [6, 6.07) is 3.40. The number of hydrogen-bond acceptors (Lipinski definition) is 5. The van der Waals surface area contributed by atoms with Crippen LogP contribution in [0.4, 0.5) is 32.0 Å². The number of nitrogens with zero attached hydrogens (tertiary/aromatic N) is 3. The van der Waals surface area contributed by atoms with E-state index in [-0.39, 0.29) is 32.5 Å². The third-order valence-corrected chi connectivity index (χ3v) is 8.37. The summed E-state index contributed by atoms with van der Waals surface area (Å²) >= 11 is 0. The molecule has 1 aromatic heterocycles. The van der Waals surface area contributed by atoms with Gasteiger partial charge in [-0.3, -0.25) is 4.79 Å². The predicted octanol–water partition coefficient (Wildman–Crippen LogP) is 5.15. The van der Waals surface area contributed by atoms with Crippen LogP contribution in [-0.2, 0) is 27.0 Å². The number of carbonyl (C=O) groups is 1. The summed E-state index contributed by atoms with van der Waals surface area (Å²) < 4.78 is 102. The van der Waals surface area contributed by atoms with Crippen molar-refractivity contribution in [3.05, 3.63) is 48.0 Å². The first-order valence-corrected chi connectivity index (χ1v) is 11.1. The van der Waals surface area contributed by atoms with Gasteiger partial charge in [-0.05, 0) is 44.4 Å². The Labute approximate surface area is 192 Å². The first-order valence-electron chi connectivity index (χ1n) is 9.66. The number of sulfone groups is 1. The first-order chi connectivity index (χ1) is 15.0. The smallest absolute Gasteiger partial charge is 0.310 e. The van der Waals surface area contributed by atoms with Gasteiger partial charge < -0.3 is 4.90 Å². The molecule has 1 aliphatic heterocycles. The van der Waals surface area contributed by atoms with Crippen LogP contribution < -0.4 is 4.90 Å². The van der Waals surface area contributed by atoms with E-state index in [0.29, 0.717) is 6.07 Å². The van der Waals surface area contributed by atoms with E-state index in [0.717, 1.165) is 35.5 Å². The maximum Gasteiger partial charge on any atom is 0.451 e. The minimum Gasteiger partial charge on any atom is -0.310 e. The molecule has 1 amide bonds. The summed E-state index contributed by atoms with van der Waals surface area (Å²) in [5, 5.41) is 0. The minimum atomic E-state index is -4.74. The Hall–Kier alpha value is -2.70. The van der Waals surface area contributed by atoms with Crippen LogP contribution in [0.3, 0.4) is 0 Å². The Balaban J connectivity index is 0.00000408. The van der Waals surface area contributed by atoms with Crippen LogP contribution in [0.1, 0.15) is 45.5 Å². The highest BCUT2D eigenvalue weighted by Crippen LogP contribution is 2.40. The molecule has 1 aromatic carbocycles. The molecule has 0 saturated carbocycles. The van der Waals surface area contributed by atoms with Crippen LogP contribution in [-0.4, -0.2) is 35.6 Å². The molecule has 188 valence electrons. The zero-order chi connectivity index (χ0) is 24.8. The molecule has 1 aliphatic rings. The molecule has 0 N–H and O–H groups in total. The molecule has 0 radical (unpaired) electrons. The molecule has 34 heavy (non-hydrogen) atoms. The van der Waals surface area contributed by atoms with Crippen LogP contribution in [0.2, 0.25) is 0 Å². The van der Waals surface area contributed by atoms with Gasteiger partial charge in [0.1, 0.15) is 0 Å². The average Bonchev–Trinajstić information content (AvgIpc) is 2.72. The van der Waals surface area contributed by atoms with E-state index in [9.17, 15) is 39.6 Å². The summed E-state index contributed by atoms with van der Waals surface area (Å²) in [5.74, 6) is -2.65. The molecule has 1 atom stereocenters. The van der Waals surface area contributed by atoms with Gasteiger partial charge in [-0.15, -0.1) is 0 Å². The average molecular weight is 511 g/mol. The fourth-order valence-corrected chi connectivity index (χ4v) is 5.46. The van der Waals surface area contributed by atoms with Crippen LogP contribution in [0.15, 0.2) is 41.6 Å². The second kappa shape index (κ2) is 9.16. The minimum absolute atomic E-state index is 0. The van der Waals surface area contributed by atoms with Gasteiger partial charge in [0, 0.05) is 13.0 Å². The largest absolute Gasteiger partial charge is 0.451 e. The molecular weight excluding hydrogens is 488 g/mol. The highest BCUT2D eigenvalue weighted by Gasteiger charge is 2.46. The van der Waals surface area contributed by atoms with Crippen molar-refractivity contribution >= 4 is 21.4 Å². The normalized spacial score (nSPS) is 17.9. The molecule has 2 aromatic rings. The number of hydrogen-bond donors (Lipinski definition) is 0. The van der Waals surface area contributed by atoms with Crippen LogP contribution in [0.5, 0.6) is 0 Å². The Kier molecular flexibility index (Phi) is 7.42. The highest BCUT2D eigenvalue weighted by atomic mass is 32.2. The van der Waals surface area contributed by atoms with E-state index in [1.54, 1.807) is 0 Å². The third kappa shape index (κ3) is 5.18. The molecular formula is C21H23F6N3O3S. The monoisotopic (exact) mass is 511 g/mol. The quantitative estimate of drug-likeness (QED) is 0.531. The van der Waals surface area contributed by atoms with Gasteiger partial charge in [0.2, 0.25) is 11.7 Å². The van der Waals surface area contributed by atoms with Gasteiger partial charge in [-0.2, -0.15) is 26.3 Å². The van der Waals surface area contributed by atoms with Crippen molar-refractivity contribution in [1.29, 1.82) is 0 Å². The zero-order valence-electron chi connectivity index (χ0n) is 17.4. The maximum absolute atomic E-state index is 13.2. The van der Waals surface area contributed by atoms with Crippen molar-refractivity contribution in [2.75, 3.05) is 11.4 Å². The van der Waals surface area contributed by atoms with Crippen molar-refractivity contribution in [2.45, 2.75) is 56.1 Å². The highest BCUT2D eigenvalue weighted by molar-refractivity contribution is 7.92. The van der Waals surface area contributed by atoms with E-state index in [1.807, 2.05) is 0 Å². The summed E-state index contributed by atoms with van der Waals surface area (Å²) in [6.07, 6.45) is -7.86. The molecule has 0 unspecified atom stereocenters. The van der Waals surface area contributed by atoms with E-state index >= 15 is 0 Å². The molecule has 1 saturated heterocycles. The number of carbonyl (C=O) groups excluding carboxylic acids is 1. The van der Waals surface area contributed by atoms with Gasteiger partial charge in [0.15, 0.2) is 9.84 Å². The van der Waals surface area contributed by atoms with Crippen molar-refractivity contribution < 1.29 is 39.6 Å². The number of amides is 1. The zero-order valence-corrected chi connectivity index (χ0v) is 18.2. The lowest BCUT2D eigenvalue weighted by Crippen LogP contribution is -2.48. The molecule has 0 aliphatic carbocycles. The number of piperidine rings is 1. The molecule has 13 heteroatoms. The predicted molar refractivity (Wildman–Crippen MR) is 112 cm³/mol. The summed E-state index contributed by atoms with van der Waals surface area (Å²) in [6.45, 7) is 2.68. The Morgan fingerprint density at radius 2 is 1.59 bits per heavy atom. The fourth-order valence-electron chi connectivity index (χ4n) is 3.67. The number of alkyl halides is 6. The van der Waals surface area contributed by atoms with Crippen molar-refractivity contribution in [2.24, 2.45) is 5.92 Å². The number of anilines is 1. The Morgan fingerprint density at radius 3 is 2.09 bits per heavy atom. The molecule has 3 rings (SSSR count). The van der Waals surface area contributed by atoms with Gasteiger partial charge in [-0.1, -0.05) is 13.5 Å². The van der Waals surface area contributed by atoms with Gasteiger partial charge in [-0.25, -0.2) is 18.4 Å². The molecule has 6 nitrogen and oxygen atoms in total. The van der Waals surface area contributed by atoms with Gasteiger partial charge in [0.25, 0.3) is 0 Å². The Bertz CT molecular complexity index is 1150. The lowest BCUT2D eigenvalue weighted by Gasteiger charge is -2.39. The van der Waals surface area contributed by atoms with Gasteiger partial charge >= 0.3 is 12.4 Å². The number of rotatable bonds is 4. The van der Waals surface area contributed by atoms with E-state index in [4.69, 9.17) is 0 Å². The van der Waals surface area contributed by atoms with Crippen molar-refractivity contribution in [3.8, 4) is 0 Å². The van der Waals surface area contributed by atoms with E-state index < -0.39 is 55.0 Å². The lowest BCUT2D eigenvalue weighted by atomic mass is 9.85. The maximum atomic E-state index is 13.2. The summed E-state index contributed by atoms with van der Waals surface area (Å²) in [4.78, 5) is 19.8. The van der Waals surface area contributed by atoms with Crippen LogP contribution in [0.25, 0.3) is 0 Å². The summed E-state index contributed by atoms with van der Waals surface area (Å²) in [7, 11) is -4.27. The van der Waals surface area contributed by atoms with E-state index in [1.165, 1.54) is 13.8 Å². The third-order valence-electron chi connectivity index (χ3n) is 5.77. The topological polar surface area (TPSA) is 80.2 Å². The fraction of sp³-hybridized carbons (Fsp3) is 0.476. The number of benzene rings is 1. The van der Waals surface area contributed by atoms with Gasteiger partial charge in [0.05, 0.1) is 33.3 Å². The standard InChI is InChI=1S/C20H19F6N3O3S.CH4/c1-18(2,33(31,32)15-5-3-4-13(8-15)19(21,22)23)12-6-7-29(16(30)9-12)14-10-27-17(28-11-14)20(24,25)26;/h3-5,8,10-12H,6-7,9H2,1-2H3;1H4/t12-;/m1./s1. The first kappa shape index (κ1) is 27.5. The number of halogens is 6. The SMILES string of the molecule is C.CC(C)([C@@H]1CCN(c2cnc(C(F)(F)F)nc2)C(=O)C1)S(=O)(=O)c1cccc(C(F)(F)F)c1. The van der Waals surface area contributed by atoms with Crippen LogP contribution in [0, 0.1) is 5.92 Å². The molecule has 0 spiro atoms. The van der Waals surface area contributed by atoms with Crippen molar-refractivity contribution in [1.82, 2.24) is 9.97 Å². The second-order valence-corrected chi connectivity index (χ2v) is 10.7. The molecule has 0 bridgehead atoms. The van der Waals surface area contributed by atoms with Crippen LogP contribution >= 0.6 is 0 Å². The summed E-state index contributed by atoms with van der Waals surface area (Å²) in [5.41, 5.74) is -1.07. The second-order valence-electron chi connectivity index (χ2n) is 8.13. The van der Waals surface area contributed by atoms with E-state index in [2.05, 4.69) is 9.97 Å². The Morgan fingerprint density at radius 1 is 1.00 bits per heavy atom. The van der Waals surface area contributed by atoms with Crippen molar-refractivity contribution in [3.63, 3.8) is 0 Å².